The van der Waals surface area contributed by atoms with Gasteiger partial charge < -0.3 is 9.47 Å². The van der Waals surface area contributed by atoms with Crippen molar-refractivity contribution in [2.45, 2.75) is 20.8 Å². The molecule has 1 unspecified atom stereocenters. The van der Waals surface area contributed by atoms with Crippen molar-refractivity contribution >= 4 is 17.5 Å². The normalized spacial score (nSPS) is 17.1. The highest BCUT2D eigenvalue weighted by atomic mass is 16.5. The first kappa shape index (κ1) is 14.2. The zero-order valence-electron chi connectivity index (χ0n) is 11.7. The summed E-state index contributed by atoms with van der Waals surface area (Å²) in [5.74, 6) is -2.82. The minimum Gasteiger partial charge on any atom is -0.491 e. The van der Waals surface area contributed by atoms with E-state index in [0.29, 0.717) is 11.3 Å². The van der Waals surface area contributed by atoms with E-state index in [0.717, 1.165) is 11.1 Å². The van der Waals surface area contributed by atoms with E-state index in [4.69, 9.17) is 4.74 Å². The fraction of sp³-hybridized carbons (Fsp3) is 0.400. The average Bonchev–Trinajstić information content (AvgIpc) is 2.39. The number of hydrogen-bond donors (Lipinski definition) is 0. The average molecular weight is 276 g/mol. The number of esters is 1. The highest BCUT2D eigenvalue weighted by Gasteiger charge is 2.38. The van der Waals surface area contributed by atoms with Gasteiger partial charge in [0.05, 0.1) is 12.2 Å². The molecule has 0 radical (unpaired) electrons. The molecule has 0 saturated heterocycles. The summed E-state index contributed by atoms with van der Waals surface area (Å²) in [6.07, 6.45) is 0. The van der Waals surface area contributed by atoms with Gasteiger partial charge >= 0.3 is 5.97 Å². The standard InChI is InChI=1S/C15H16O5/c1-4-19-15(18)13(17)11-7-20-14-9(3)5-8(2)6-10(14)12(11)16/h5-6,11H,4,7H2,1-3H3. The Kier molecular flexibility index (Phi) is 3.88. The van der Waals surface area contributed by atoms with Gasteiger partial charge in [-0.1, -0.05) is 6.07 Å². The Morgan fingerprint density at radius 1 is 1.35 bits per heavy atom. The van der Waals surface area contributed by atoms with E-state index in [-0.39, 0.29) is 19.0 Å². The van der Waals surface area contributed by atoms with Gasteiger partial charge in [-0.05, 0) is 38.0 Å². The number of Topliss-reactive ketones (excluding diaryl/α,β-unsaturated/α-hetero) is 2. The van der Waals surface area contributed by atoms with Crippen LogP contribution in [-0.4, -0.2) is 30.7 Å². The molecule has 0 bridgehead atoms. The van der Waals surface area contributed by atoms with Crippen molar-refractivity contribution < 1.29 is 23.9 Å². The summed E-state index contributed by atoms with van der Waals surface area (Å²) in [5, 5.41) is 0. The third-order valence-electron chi connectivity index (χ3n) is 3.19. The Balaban J connectivity index is 2.32. The number of ether oxygens (including phenoxy) is 2. The van der Waals surface area contributed by atoms with Crippen LogP contribution in [0.5, 0.6) is 5.75 Å². The van der Waals surface area contributed by atoms with Crippen molar-refractivity contribution in [3.8, 4) is 5.75 Å². The molecular formula is C15H16O5. The Morgan fingerprint density at radius 3 is 2.70 bits per heavy atom. The van der Waals surface area contributed by atoms with Gasteiger partial charge in [-0.15, -0.1) is 0 Å². The Morgan fingerprint density at radius 2 is 2.05 bits per heavy atom. The van der Waals surface area contributed by atoms with Gasteiger partial charge in [0.15, 0.2) is 5.78 Å². The first-order valence-electron chi connectivity index (χ1n) is 6.45. The lowest BCUT2D eigenvalue weighted by Crippen LogP contribution is -2.38. The Bertz CT molecular complexity index is 588. The van der Waals surface area contributed by atoms with E-state index in [1.54, 1.807) is 13.0 Å². The fourth-order valence-corrected chi connectivity index (χ4v) is 2.30. The molecule has 106 valence electrons. The topological polar surface area (TPSA) is 69.7 Å². The summed E-state index contributed by atoms with van der Waals surface area (Å²) in [4.78, 5) is 35.7. The number of aryl methyl sites for hydroxylation is 2. The van der Waals surface area contributed by atoms with E-state index in [2.05, 4.69) is 4.74 Å². The zero-order chi connectivity index (χ0) is 14.9. The molecule has 5 nitrogen and oxygen atoms in total. The van der Waals surface area contributed by atoms with Gasteiger partial charge in [-0.2, -0.15) is 0 Å². The van der Waals surface area contributed by atoms with Crippen LogP contribution < -0.4 is 4.74 Å². The molecule has 1 aliphatic rings. The number of carbonyl (C=O) groups excluding carboxylic acids is 3. The molecule has 0 saturated carbocycles. The summed E-state index contributed by atoms with van der Waals surface area (Å²) >= 11 is 0. The van der Waals surface area contributed by atoms with Gasteiger partial charge in [0, 0.05) is 0 Å². The number of hydrogen-bond acceptors (Lipinski definition) is 5. The molecule has 1 aromatic carbocycles. The van der Waals surface area contributed by atoms with E-state index < -0.39 is 17.7 Å². The van der Waals surface area contributed by atoms with E-state index in [1.165, 1.54) is 0 Å². The number of rotatable bonds is 3. The van der Waals surface area contributed by atoms with Crippen LogP contribution in [0.1, 0.15) is 28.4 Å². The number of fused-ring (bicyclic) bond motifs is 1. The summed E-state index contributed by atoms with van der Waals surface area (Å²) < 4.78 is 10.1. The second kappa shape index (κ2) is 5.45. The predicted octanol–water partition coefficient (Wildman–Crippen LogP) is 1.63. The number of carbonyl (C=O) groups is 3. The van der Waals surface area contributed by atoms with Crippen molar-refractivity contribution in [2.24, 2.45) is 5.92 Å². The summed E-state index contributed by atoms with van der Waals surface area (Å²) in [6, 6.07) is 3.58. The van der Waals surface area contributed by atoms with Crippen LogP contribution in [0.2, 0.25) is 0 Å². The quantitative estimate of drug-likeness (QED) is 0.477. The minimum atomic E-state index is -1.11. The highest BCUT2D eigenvalue weighted by molar-refractivity contribution is 6.39. The van der Waals surface area contributed by atoms with Crippen LogP contribution in [0, 0.1) is 19.8 Å². The number of ketones is 2. The first-order valence-corrected chi connectivity index (χ1v) is 6.45. The third kappa shape index (κ3) is 2.43. The first-order chi connectivity index (χ1) is 9.45. The molecule has 1 atom stereocenters. The van der Waals surface area contributed by atoms with Crippen molar-refractivity contribution in [3.05, 3.63) is 28.8 Å². The second-order valence-corrected chi connectivity index (χ2v) is 4.77. The molecule has 1 heterocycles. The molecule has 5 heteroatoms. The fourth-order valence-electron chi connectivity index (χ4n) is 2.30. The predicted molar refractivity (Wildman–Crippen MR) is 70.9 cm³/mol. The molecule has 0 spiro atoms. The minimum absolute atomic E-state index is 0.0984. The lowest BCUT2D eigenvalue weighted by Gasteiger charge is -2.24. The maximum absolute atomic E-state index is 12.4. The maximum atomic E-state index is 12.4. The van der Waals surface area contributed by atoms with E-state index >= 15 is 0 Å². The van der Waals surface area contributed by atoms with Crippen LogP contribution >= 0.6 is 0 Å². The van der Waals surface area contributed by atoms with Crippen molar-refractivity contribution in [1.29, 1.82) is 0 Å². The van der Waals surface area contributed by atoms with Crippen LogP contribution in [0.15, 0.2) is 12.1 Å². The Hall–Kier alpha value is -2.17. The molecule has 2 rings (SSSR count). The van der Waals surface area contributed by atoms with Crippen molar-refractivity contribution in [3.63, 3.8) is 0 Å². The van der Waals surface area contributed by atoms with Gasteiger partial charge in [0.25, 0.3) is 5.78 Å². The molecule has 0 amide bonds. The molecule has 0 aliphatic carbocycles. The third-order valence-corrected chi connectivity index (χ3v) is 3.19. The number of benzene rings is 1. The van der Waals surface area contributed by atoms with Gasteiger partial charge in [-0.3, -0.25) is 9.59 Å². The summed E-state index contributed by atoms with van der Waals surface area (Å²) in [5.41, 5.74) is 2.11. The van der Waals surface area contributed by atoms with Gasteiger partial charge in [-0.25, -0.2) is 4.79 Å². The lowest BCUT2D eigenvalue weighted by atomic mass is 9.89. The van der Waals surface area contributed by atoms with E-state index in [1.807, 2.05) is 19.9 Å². The largest absolute Gasteiger partial charge is 0.491 e. The van der Waals surface area contributed by atoms with Gasteiger partial charge in [0.2, 0.25) is 0 Å². The molecule has 1 aromatic rings. The lowest BCUT2D eigenvalue weighted by molar-refractivity contribution is -0.155. The SMILES string of the molecule is CCOC(=O)C(=O)C1COc2c(C)cc(C)cc2C1=O. The zero-order valence-corrected chi connectivity index (χ0v) is 11.7. The molecule has 20 heavy (non-hydrogen) atoms. The molecule has 0 aromatic heterocycles. The van der Waals surface area contributed by atoms with Crippen LogP contribution in [0.4, 0.5) is 0 Å². The molecule has 0 fully saturated rings. The maximum Gasteiger partial charge on any atom is 0.375 e. The van der Waals surface area contributed by atoms with Crippen LogP contribution in [0.25, 0.3) is 0 Å². The molecular weight excluding hydrogens is 260 g/mol. The highest BCUT2D eigenvalue weighted by Crippen LogP contribution is 2.32. The van der Waals surface area contributed by atoms with Crippen molar-refractivity contribution in [2.75, 3.05) is 13.2 Å². The van der Waals surface area contributed by atoms with E-state index in [9.17, 15) is 14.4 Å². The summed E-state index contributed by atoms with van der Waals surface area (Å²) in [6.45, 7) is 5.28. The second-order valence-electron chi connectivity index (χ2n) is 4.77. The monoisotopic (exact) mass is 276 g/mol. The van der Waals surface area contributed by atoms with Gasteiger partial charge in [0.1, 0.15) is 18.3 Å². The smallest absolute Gasteiger partial charge is 0.375 e. The molecule has 1 aliphatic heterocycles. The Labute approximate surface area is 116 Å². The summed E-state index contributed by atoms with van der Waals surface area (Å²) in [7, 11) is 0. The van der Waals surface area contributed by atoms with Crippen LogP contribution in [-0.2, 0) is 14.3 Å². The molecule has 0 N–H and O–H groups in total. The van der Waals surface area contributed by atoms with Crippen LogP contribution in [0.3, 0.4) is 0 Å². The van der Waals surface area contributed by atoms with Crippen molar-refractivity contribution in [1.82, 2.24) is 0 Å².